The molecule has 2 aromatic carbocycles. The lowest BCUT2D eigenvalue weighted by atomic mass is 9.92. The van der Waals surface area contributed by atoms with Crippen LogP contribution in [-0.2, 0) is 19.9 Å². The van der Waals surface area contributed by atoms with Gasteiger partial charge in [0, 0.05) is 5.69 Å². The highest BCUT2D eigenvalue weighted by Crippen LogP contribution is 2.29. The van der Waals surface area contributed by atoms with E-state index in [0.29, 0.717) is 11.3 Å². The van der Waals surface area contributed by atoms with E-state index in [2.05, 4.69) is 21.5 Å². The van der Waals surface area contributed by atoms with Crippen molar-refractivity contribution in [3.63, 3.8) is 0 Å². The van der Waals surface area contributed by atoms with Crippen molar-refractivity contribution in [3.05, 3.63) is 59.7 Å². The first-order valence-corrected chi connectivity index (χ1v) is 9.90. The highest BCUT2D eigenvalue weighted by molar-refractivity contribution is 6.09. The second-order valence-electron chi connectivity index (χ2n) is 7.49. The average Bonchev–Trinajstić information content (AvgIpc) is 3.01. The average molecular weight is 439 g/mol. The van der Waals surface area contributed by atoms with E-state index >= 15 is 0 Å². The molecule has 3 rings (SSSR count). The Morgan fingerprint density at radius 3 is 2.25 bits per heavy atom. The minimum absolute atomic E-state index is 0.0674. The molecule has 1 aliphatic rings. The summed E-state index contributed by atoms with van der Waals surface area (Å²) in [5.74, 6) is -1.16. The lowest BCUT2D eigenvalue weighted by Gasteiger charge is -2.22. The van der Waals surface area contributed by atoms with Crippen LogP contribution in [0.4, 0.5) is 10.5 Å². The van der Waals surface area contributed by atoms with Crippen molar-refractivity contribution in [2.75, 3.05) is 25.5 Å². The number of nitrogens with one attached hydrogen (secondary N) is 4. The molecule has 5 amide bonds. The molecule has 10 heteroatoms. The van der Waals surface area contributed by atoms with Crippen molar-refractivity contribution < 1.29 is 23.9 Å². The topological polar surface area (TPSA) is 129 Å². The lowest BCUT2D eigenvalue weighted by molar-refractivity contribution is -0.135. The van der Waals surface area contributed by atoms with Gasteiger partial charge in [0.25, 0.3) is 17.7 Å². The number of amides is 5. The monoisotopic (exact) mass is 439 g/mol. The van der Waals surface area contributed by atoms with Gasteiger partial charge in [-0.1, -0.05) is 29.8 Å². The van der Waals surface area contributed by atoms with Gasteiger partial charge >= 0.3 is 6.03 Å². The molecule has 32 heavy (non-hydrogen) atoms. The van der Waals surface area contributed by atoms with Gasteiger partial charge in [-0.05, 0) is 43.7 Å². The van der Waals surface area contributed by atoms with Crippen molar-refractivity contribution in [2.45, 2.75) is 19.4 Å². The number of urea groups is 1. The molecule has 10 nitrogen and oxygen atoms in total. The quantitative estimate of drug-likeness (QED) is 0.377. The largest absolute Gasteiger partial charge is 0.497 e. The number of nitrogens with zero attached hydrogens (tertiary/aromatic N) is 1. The Morgan fingerprint density at radius 2 is 1.62 bits per heavy atom. The molecule has 2 aromatic rings. The van der Waals surface area contributed by atoms with Crippen LogP contribution in [0, 0.1) is 6.92 Å². The molecule has 1 heterocycles. The number of benzene rings is 2. The van der Waals surface area contributed by atoms with Crippen molar-refractivity contribution in [1.29, 1.82) is 0 Å². The summed E-state index contributed by atoms with van der Waals surface area (Å²) in [5, 5.41) is 5.53. The molecule has 168 valence electrons. The molecular formula is C22H25N5O5. The maximum Gasteiger partial charge on any atom is 0.325 e. The molecule has 0 radical (unpaired) electrons. The van der Waals surface area contributed by atoms with E-state index in [-0.39, 0.29) is 6.54 Å². The molecule has 4 N–H and O–H groups in total. The third-order valence-corrected chi connectivity index (χ3v) is 5.09. The molecule has 0 aliphatic carbocycles. The SMILES string of the molecule is COc1ccc(C2(C)NC(=O)N(CC(=O)NNC(=O)CNc3ccc(C)cc3)C2=O)cc1. The van der Waals surface area contributed by atoms with Gasteiger partial charge in [0.05, 0.1) is 13.7 Å². The fourth-order valence-corrected chi connectivity index (χ4v) is 3.18. The zero-order valence-corrected chi connectivity index (χ0v) is 18.0. The fraction of sp³-hybridized carbons (Fsp3) is 0.273. The van der Waals surface area contributed by atoms with Gasteiger partial charge in [-0.3, -0.25) is 30.1 Å². The zero-order valence-electron chi connectivity index (χ0n) is 18.0. The van der Waals surface area contributed by atoms with Crippen LogP contribution < -0.4 is 26.2 Å². The minimum atomic E-state index is -1.31. The van der Waals surface area contributed by atoms with Crippen LogP contribution in [0.2, 0.25) is 0 Å². The molecule has 0 saturated carbocycles. The Balaban J connectivity index is 1.51. The van der Waals surface area contributed by atoms with E-state index in [1.165, 1.54) is 7.11 Å². The second-order valence-corrected chi connectivity index (χ2v) is 7.49. The number of hydrazine groups is 1. The number of imide groups is 1. The van der Waals surface area contributed by atoms with Crippen LogP contribution in [0.3, 0.4) is 0 Å². The Morgan fingerprint density at radius 1 is 1.00 bits per heavy atom. The number of methoxy groups -OCH3 is 1. The second kappa shape index (κ2) is 9.38. The first-order chi connectivity index (χ1) is 15.2. The predicted octanol–water partition coefficient (Wildman–Crippen LogP) is 1.03. The molecule has 0 aromatic heterocycles. The molecular weight excluding hydrogens is 414 g/mol. The predicted molar refractivity (Wildman–Crippen MR) is 117 cm³/mol. The molecule has 1 fully saturated rings. The van der Waals surface area contributed by atoms with Gasteiger partial charge in [-0.2, -0.15) is 0 Å². The lowest BCUT2D eigenvalue weighted by Crippen LogP contribution is -2.49. The van der Waals surface area contributed by atoms with Crippen LogP contribution in [-0.4, -0.2) is 48.9 Å². The zero-order chi connectivity index (χ0) is 23.3. The summed E-state index contributed by atoms with van der Waals surface area (Å²) in [6.45, 7) is 2.91. The first kappa shape index (κ1) is 22.6. The Labute approximate surface area is 185 Å². The van der Waals surface area contributed by atoms with E-state index in [1.807, 2.05) is 31.2 Å². The number of anilines is 1. The minimum Gasteiger partial charge on any atom is -0.497 e. The highest BCUT2D eigenvalue weighted by atomic mass is 16.5. The third-order valence-electron chi connectivity index (χ3n) is 5.09. The number of rotatable bonds is 7. The summed E-state index contributed by atoms with van der Waals surface area (Å²) < 4.78 is 5.11. The summed E-state index contributed by atoms with van der Waals surface area (Å²) >= 11 is 0. The number of hydrogen-bond acceptors (Lipinski definition) is 6. The van der Waals surface area contributed by atoms with Crippen LogP contribution in [0.1, 0.15) is 18.1 Å². The van der Waals surface area contributed by atoms with Crippen LogP contribution in [0.5, 0.6) is 5.75 Å². The Bertz CT molecular complexity index is 1020. The van der Waals surface area contributed by atoms with Crippen molar-refractivity contribution in [1.82, 2.24) is 21.1 Å². The van der Waals surface area contributed by atoms with E-state index < -0.39 is 35.8 Å². The van der Waals surface area contributed by atoms with Gasteiger partial charge in [0.1, 0.15) is 17.8 Å². The molecule has 0 spiro atoms. The normalized spacial score (nSPS) is 17.5. The number of hydrogen-bond donors (Lipinski definition) is 4. The van der Waals surface area contributed by atoms with Gasteiger partial charge < -0.3 is 15.4 Å². The van der Waals surface area contributed by atoms with Gasteiger partial charge in [-0.15, -0.1) is 0 Å². The van der Waals surface area contributed by atoms with Crippen molar-refractivity contribution in [3.8, 4) is 5.75 Å². The number of ether oxygens (including phenoxy) is 1. The maximum absolute atomic E-state index is 12.9. The molecule has 1 aliphatic heterocycles. The summed E-state index contributed by atoms with van der Waals surface area (Å²) in [6.07, 6.45) is 0. The van der Waals surface area contributed by atoms with Crippen molar-refractivity contribution >= 4 is 29.4 Å². The highest BCUT2D eigenvalue weighted by Gasteiger charge is 2.49. The number of carbonyl (C=O) groups is 4. The number of carbonyl (C=O) groups excluding carboxylic acids is 4. The van der Waals surface area contributed by atoms with Gasteiger partial charge in [0.2, 0.25) is 0 Å². The summed E-state index contributed by atoms with van der Waals surface area (Å²) in [5.41, 5.74) is 5.55. The van der Waals surface area contributed by atoms with Crippen LogP contribution in [0.15, 0.2) is 48.5 Å². The van der Waals surface area contributed by atoms with Gasteiger partial charge in [0.15, 0.2) is 0 Å². The van der Waals surface area contributed by atoms with Crippen LogP contribution in [0.25, 0.3) is 0 Å². The van der Waals surface area contributed by atoms with Gasteiger partial charge in [-0.25, -0.2) is 4.79 Å². The first-order valence-electron chi connectivity index (χ1n) is 9.90. The van der Waals surface area contributed by atoms with E-state index in [4.69, 9.17) is 4.74 Å². The van der Waals surface area contributed by atoms with E-state index in [0.717, 1.165) is 16.2 Å². The van der Waals surface area contributed by atoms with Crippen molar-refractivity contribution in [2.24, 2.45) is 0 Å². The third kappa shape index (κ3) is 4.97. The molecule has 1 saturated heterocycles. The smallest absolute Gasteiger partial charge is 0.325 e. The molecule has 1 atom stereocenters. The molecule has 0 bridgehead atoms. The van der Waals surface area contributed by atoms with Crippen LogP contribution >= 0.6 is 0 Å². The Kier molecular flexibility index (Phi) is 6.62. The fourth-order valence-electron chi connectivity index (χ4n) is 3.18. The summed E-state index contributed by atoms with van der Waals surface area (Å²) in [6, 6.07) is 13.5. The van der Waals surface area contributed by atoms with E-state index in [1.54, 1.807) is 31.2 Å². The maximum atomic E-state index is 12.9. The summed E-state index contributed by atoms with van der Waals surface area (Å²) in [4.78, 5) is 50.2. The standard InChI is InChI=1S/C22H25N5O5/c1-14-4-8-16(9-5-14)23-12-18(28)25-26-19(29)13-27-20(30)22(2,24-21(27)31)15-6-10-17(32-3)11-7-15/h4-11,23H,12-13H2,1-3H3,(H,24,31)(H,25,28)(H,26,29). The van der Waals surface area contributed by atoms with E-state index in [9.17, 15) is 19.2 Å². The Hall–Kier alpha value is -4.08. The molecule has 1 unspecified atom stereocenters. The summed E-state index contributed by atoms with van der Waals surface area (Å²) in [7, 11) is 1.52. The number of aryl methyl sites for hydroxylation is 1.